The maximum Gasteiger partial charge on any atom is 0.235 e. The van der Waals surface area contributed by atoms with Crippen LogP contribution in [0.4, 0.5) is 0 Å². The number of rotatable bonds is 3. The number of furan rings is 1. The van der Waals surface area contributed by atoms with Crippen LogP contribution >= 0.6 is 11.3 Å². The van der Waals surface area contributed by atoms with Crippen molar-refractivity contribution in [3.8, 4) is 28.3 Å². The van der Waals surface area contributed by atoms with Gasteiger partial charge in [-0.15, -0.1) is 11.3 Å². The zero-order chi connectivity index (χ0) is 36.2. The van der Waals surface area contributed by atoms with E-state index in [2.05, 4.69) is 167 Å². The van der Waals surface area contributed by atoms with Gasteiger partial charge in [0, 0.05) is 58.1 Å². The van der Waals surface area contributed by atoms with E-state index in [0.717, 1.165) is 60.6 Å². The molecule has 0 fully saturated rings. The normalized spacial score (nSPS) is 12.6. The fourth-order valence-electron chi connectivity index (χ4n) is 9.79. The molecule has 0 N–H and O–H groups in total. The van der Waals surface area contributed by atoms with Gasteiger partial charge in [-0.3, -0.25) is 4.57 Å². The van der Waals surface area contributed by atoms with E-state index in [1.165, 1.54) is 63.9 Å². The van der Waals surface area contributed by atoms with Gasteiger partial charge in [-0.25, -0.2) is 9.97 Å². The summed E-state index contributed by atoms with van der Waals surface area (Å²) in [7, 11) is 0. The molecular weight excluding hydrogens is 705 g/mol. The Kier molecular flexibility index (Phi) is 5.34. The van der Waals surface area contributed by atoms with Gasteiger partial charge in [0.25, 0.3) is 0 Å². The molecule has 0 bridgehead atoms. The first-order valence-electron chi connectivity index (χ1n) is 18.9. The van der Waals surface area contributed by atoms with Crippen molar-refractivity contribution < 1.29 is 4.42 Å². The minimum absolute atomic E-state index is 0.643. The zero-order valence-corrected chi connectivity index (χ0v) is 30.4. The van der Waals surface area contributed by atoms with E-state index in [1.807, 2.05) is 11.3 Å². The lowest BCUT2D eigenvalue weighted by atomic mass is 9.97. The third kappa shape index (κ3) is 3.56. The Labute approximate surface area is 321 Å². The van der Waals surface area contributed by atoms with Crippen molar-refractivity contribution in [2.45, 2.75) is 0 Å². The van der Waals surface area contributed by atoms with Crippen LogP contribution in [-0.4, -0.2) is 18.9 Å². The number of aromatic nitrogens is 4. The number of hydrogen-bond acceptors (Lipinski definition) is 4. The largest absolute Gasteiger partial charge is 0.456 e. The molecule has 0 aliphatic rings. The Morgan fingerprint density at radius 2 is 1.12 bits per heavy atom. The monoisotopic (exact) mass is 730 g/mol. The van der Waals surface area contributed by atoms with E-state index in [1.54, 1.807) is 0 Å². The fraction of sp³-hybridized carbons (Fsp3) is 0. The lowest BCUT2D eigenvalue weighted by Gasteiger charge is -2.12. The Morgan fingerprint density at radius 1 is 0.429 bits per heavy atom. The van der Waals surface area contributed by atoms with Crippen LogP contribution in [-0.2, 0) is 0 Å². The molecule has 14 rings (SSSR count). The van der Waals surface area contributed by atoms with Crippen molar-refractivity contribution in [2.75, 3.05) is 0 Å². The zero-order valence-electron chi connectivity index (χ0n) is 29.6. The lowest BCUT2D eigenvalue weighted by Crippen LogP contribution is -2.03. The number of fused-ring (bicyclic) bond motifs is 8. The number of para-hydroxylation sites is 2. The Hall–Kier alpha value is -7.28. The molecular formula is C50H26N4OS. The van der Waals surface area contributed by atoms with Crippen molar-refractivity contribution in [2.24, 2.45) is 0 Å². The van der Waals surface area contributed by atoms with Gasteiger partial charge in [0.2, 0.25) is 5.95 Å². The van der Waals surface area contributed by atoms with Gasteiger partial charge in [0.15, 0.2) is 0 Å². The number of thiophene rings is 1. The molecule has 0 aliphatic carbocycles. The van der Waals surface area contributed by atoms with Gasteiger partial charge in [-0.05, 0) is 71.8 Å². The number of nitrogens with zero attached hydrogens (tertiary/aromatic N) is 4. The molecule has 0 saturated carbocycles. The first-order valence-corrected chi connectivity index (χ1v) is 19.7. The van der Waals surface area contributed by atoms with Crippen LogP contribution in [0.1, 0.15) is 0 Å². The topological polar surface area (TPSA) is 48.3 Å². The smallest absolute Gasteiger partial charge is 0.235 e. The van der Waals surface area contributed by atoms with Gasteiger partial charge in [-0.2, -0.15) is 0 Å². The van der Waals surface area contributed by atoms with Crippen LogP contribution in [0, 0.1) is 0 Å². The summed E-state index contributed by atoms with van der Waals surface area (Å²) >= 11 is 1.85. The molecule has 0 aliphatic heterocycles. The quantitative estimate of drug-likeness (QED) is 0.182. The van der Waals surface area contributed by atoms with E-state index < -0.39 is 0 Å². The van der Waals surface area contributed by atoms with Crippen molar-refractivity contribution in [1.29, 1.82) is 0 Å². The molecule has 258 valence electrons. The second-order valence-corrected chi connectivity index (χ2v) is 16.0. The lowest BCUT2D eigenvalue weighted by molar-refractivity contribution is 0.669. The summed E-state index contributed by atoms with van der Waals surface area (Å²) in [5.41, 5.74) is 12.7. The van der Waals surface area contributed by atoms with Gasteiger partial charge >= 0.3 is 0 Å². The van der Waals surface area contributed by atoms with Crippen molar-refractivity contribution in [1.82, 2.24) is 18.9 Å². The first-order chi connectivity index (χ1) is 27.8. The Morgan fingerprint density at radius 3 is 2.05 bits per heavy atom. The fourth-order valence-corrected chi connectivity index (χ4v) is 10.9. The van der Waals surface area contributed by atoms with Gasteiger partial charge in [0.05, 0.1) is 44.2 Å². The van der Waals surface area contributed by atoms with Crippen molar-refractivity contribution in [3.05, 3.63) is 158 Å². The summed E-state index contributed by atoms with van der Waals surface area (Å²) in [6.07, 6.45) is 0. The number of hydrogen-bond donors (Lipinski definition) is 0. The Balaban J connectivity index is 1.04. The summed E-state index contributed by atoms with van der Waals surface area (Å²) in [4.78, 5) is 10.8. The summed E-state index contributed by atoms with van der Waals surface area (Å²) in [5.74, 6) is 0.643. The molecule has 0 spiro atoms. The van der Waals surface area contributed by atoms with E-state index >= 15 is 0 Å². The highest BCUT2D eigenvalue weighted by atomic mass is 32.1. The van der Waals surface area contributed by atoms with Crippen LogP contribution < -0.4 is 0 Å². The highest BCUT2D eigenvalue weighted by Gasteiger charge is 2.27. The highest BCUT2D eigenvalue weighted by molar-refractivity contribution is 7.25. The molecule has 0 saturated heterocycles. The summed E-state index contributed by atoms with van der Waals surface area (Å²) < 4.78 is 13.9. The van der Waals surface area contributed by atoms with Crippen LogP contribution in [0.25, 0.3) is 130 Å². The minimum atomic E-state index is 0.643. The standard InChI is InChI=1S/C50H26N4OS/c1-4-13-34-32(10-1)48(28-21-19-27(20-22-28)29-12-7-18-42-43(29)33-11-3-6-17-41(33)56-42)52-50(51-34)54-37-16-8-15-36-44(37)45-38(54)24-26-39-46(45)47-40(55-39)25-23-31-30-9-2-5-14-35(30)53(36)49(31)47/h1-26H. The van der Waals surface area contributed by atoms with Gasteiger partial charge < -0.3 is 8.82 Å². The summed E-state index contributed by atoms with van der Waals surface area (Å²) in [5, 5.41) is 10.8. The second-order valence-electron chi connectivity index (χ2n) is 14.9. The molecule has 0 amide bonds. The molecule has 6 heteroatoms. The predicted octanol–water partition coefficient (Wildman–Crippen LogP) is 13.8. The van der Waals surface area contributed by atoms with Crippen LogP contribution in [0.2, 0.25) is 0 Å². The molecule has 14 aromatic rings. The van der Waals surface area contributed by atoms with E-state index in [9.17, 15) is 0 Å². The number of benzene rings is 8. The Bertz CT molecular complexity index is 3940. The van der Waals surface area contributed by atoms with E-state index in [0.29, 0.717) is 5.95 Å². The van der Waals surface area contributed by atoms with E-state index in [-0.39, 0.29) is 0 Å². The molecule has 5 nitrogen and oxygen atoms in total. The molecule has 0 atom stereocenters. The molecule has 0 unspecified atom stereocenters. The molecule has 8 aromatic carbocycles. The van der Waals surface area contributed by atoms with Crippen LogP contribution in [0.5, 0.6) is 0 Å². The van der Waals surface area contributed by atoms with Gasteiger partial charge in [0.1, 0.15) is 11.2 Å². The summed E-state index contributed by atoms with van der Waals surface area (Å²) in [6, 6.07) is 56.6. The maximum atomic E-state index is 6.61. The average molecular weight is 731 g/mol. The minimum Gasteiger partial charge on any atom is -0.456 e. The molecule has 0 radical (unpaired) electrons. The molecule has 56 heavy (non-hydrogen) atoms. The van der Waals surface area contributed by atoms with Crippen LogP contribution in [0.15, 0.2) is 162 Å². The van der Waals surface area contributed by atoms with E-state index in [4.69, 9.17) is 14.4 Å². The average Bonchev–Trinajstić information content (AvgIpc) is 3.98. The molecule has 6 aromatic heterocycles. The van der Waals surface area contributed by atoms with Crippen molar-refractivity contribution in [3.63, 3.8) is 0 Å². The first kappa shape index (κ1) is 29.1. The predicted molar refractivity (Wildman–Crippen MR) is 233 cm³/mol. The third-order valence-electron chi connectivity index (χ3n) is 12.1. The third-order valence-corrected chi connectivity index (χ3v) is 13.2. The van der Waals surface area contributed by atoms with Gasteiger partial charge in [-0.1, -0.05) is 97.1 Å². The maximum absolute atomic E-state index is 6.61. The van der Waals surface area contributed by atoms with Crippen LogP contribution in [0.3, 0.4) is 0 Å². The molecule has 6 heterocycles. The second kappa shape index (κ2) is 10.3. The SMILES string of the molecule is c1ccc2c(-c3ccc(-c4cccc5sc6ccccc6c45)cc3)nc(-n3c4ccc5oc6ccc7c8ccccc8n8c9cccc3c9c4c5c6c78)nc2c1. The van der Waals surface area contributed by atoms with Crippen molar-refractivity contribution >= 4 is 113 Å². The summed E-state index contributed by atoms with van der Waals surface area (Å²) in [6.45, 7) is 0. The highest BCUT2D eigenvalue weighted by Crippen LogP contribution is 2.48.